The average molecular weight is 315 g/mol. The number of hydrogen-bond donors (Lipinski definition) is 1. The lowest BCUT2D eigenvalue weighted by Gasteiger charge is -2.15. The Morgan fingerprint density at radius 3 is 2.78 bits per heavy atom. The second-order valence-electron chi connectivity index (χ2n) is 4.91. The molecule has 1 aromatic rings. The number of hydrogen-bond acceptors (Lipinski definition) is 2. The second-order valence-corrected chi connectivity index (χ2v) is 5.76. The van der Waals surface area contributed by atoms with E-state index in [1.54, 1.807) is 6.07 Å². The van der Waals surface area contributed by atoms with E-state index in [-0.39, 0.29) is 5.82 Å². The van der Waals surface area contributed by atoms with Crippen molar-refractivity contribution in [3.05, 3.63) is 28.0 Å². The van der Waals surface area contributed by atoms with Gasteiger partial charge in [-0.2, -0.15) is 0 Å². The van der Waals surface area contributed by atoms with Crippen molar-refractivity contribution in [1.82, 2.24) is 4.90 Å². The Morgan fingerprint density at radius 1 is 1.33 bits per heavy atom. The predicted octanol–water partition coefficient (Wildman–Crippen LogP) is 3.79. The van der Waals surface area contributed by atoms with Crippen molar-refractivity contribution in [3.8, 4) is 0 Å². The highest BCUT2D eigenvalue weighted by atomic mass is 79.9. The van der Waals surface area contributed by atoms with E-state index in [2.05, 4.69) is 26.1 Å². The summed E-state index contributed by atoms with van der Waals surface area (Å²) in [5.41, 5.74) is 1.97. The van der Waals surface area contributed by atoms with E-state index < -0.39 is 0 Å². The van der Waals surface area contributed by atoms with Gasteiger partial charge >= 0.3 is 0 Å². The minimum Gasteiger partial charge on any atom is -0.385 e. The first-order valence-corrected chi connectivity index (χ1v) is 7.38. The molecule has 1 fully saturated rings. The molecule has 100 valence electrons. The minimum absolute atomic E-state index is 0.206. The Hall–Kier alpha value is -0.610. The Labute approximate surface area is 117 Å². The highest BCUT2D eigenvalue weighted by Crippen LogP contribution is 2.23. The first-order valence-electron chi connectivity index (χ1n) is 6.58. The lowest BCUT2D eigenvalue weighted by Crippen LogP contribution is -2.22. The molecule has 1 aromatic carbocycles. The molecule has 0 saturated carbocycles. The van der Waals surface area contributed by atoms with E-state index in [0.29, 0.717) is 4.47 Å². The molecule has 1 saturated heterocycles. The fraction of sp³-hybridized carbons (Fsp3) is 0.571. The van der Waals surface area contributed by atoms with Gasteiger partial charge in [-0.15, -0.1) is 0 Å². The number of nitrogens with zero attached hydrogens (tertiary/aromatic N) is 1. The van der Waals surface area contributed by atoms with Crippen molar-refractivity contribution >= 4 is 21.6 Å². The van der Waals surface area contributed by atoms with Crippen molar-refractivity contribution < 1.29 is 4.39 Å². The summed E-state index contributed by atoms with van der Waals surface area (Å²) in [4.78, 5) is 2.50. The summed E-state index contributed by atoms with van der Waals surface area (Å²) in [7, 11) is 0. The van der Waals surface area contributed by atoms with Gasteiger partial charge in [0.1, 0.15) is 5.82 Å². The van der Waals surface area contributed by atoms with Crippen LogP contribution >= 0.6 is 15.9 Å². The lowest BCUT2D eigenvalue weighted by atomic mass is 10.2. The molecule has 1 heterocycles. The number of halogens is 2. The van der Waals surface area contributed by atoms with Gasteiger partial charge in [-0.1, -0.05) is 0 Å². The van der Waals surface area contributed by atoms with Gasteiger partial charge in [0, 0.05) is 12.2 Å². The molecule has 0 spiro atoms. The molecule has 0 bridgehead atoms. The topological polar surface area (TPSA) is 15.3 Å². The summed E-state index contributed by atoms with van der Waals surface area (Å²) in [6, 6.07) is 3.38. The van der Waals surface area contributed by atoms with E-state index in [0.717, 1.165) is 30.8 Å². The van der Waals surface area contributed by atoms with E-state index in [4.69, 9.17) is 0 Å². The standard InChI is InChI=1S/C14H20BrFN2/c1-11-9-12(15)13(16)10-14(11)17-5-4-8-18-6-2-3-7-18/h9-10,17H,2-8H2,1H3. The monoisotopic (exact) mass is 314 g/mol. The van der Waals surface area contributed by atoms with Crippen LogP contribution in [0.25, 0.3) is 0 Å². The maximum absolute atomic E-state index is 13.4. The zero-order valence-electron chi connectivity index (χ0n) is 10.8. The van der Waals surface area contributed by atoms with Gasteiger partial charge in [-0.05, 0) is 79.4 Å². The minimum atomic E-state index is -0.206. The average Bonchev–Trinajstić information content (AvgIpc) is 2.84. The molecule has 0 unspecified atom stereocenters. The first kappa shape index (κ1) is 13.8. The van der Waals surface area contributed by atoms with Crippen molar-refractivity contribution in [2.75, 3.05) is 31.5 Å². The SMILES string of the molecule is Cc1cc(Br)c(F)cc1NCCCN1CCCC1. The number of rotatable bonds is 5. The second kappa shape index (κ2) is 6.53. The van der Waals surface area contributed by atoms with E-state index in [1.165, 1.54) is 25.9 Å². The Morgan fingerprint density at radius 2 is 2.06 bits per heavy atom. The molecule has 2 nitrogen and oxygen atoms in total. The molecule has 1 aliphatic rings. The Balaban J connectivity index is 1.77. The van der Waals surface area contributed by atoms with Crippen LogP contribution < -0.4 is 5.32 Å². The summed E-state index contributed by atoms with van der Waals surface area (Å²) in [6.07, 6.45) is 3.78. The molecular formula is C14H20BrFN2. The van der Waals surface area contributed by atoms with Crippen LogP contribution in [0.15, 0.2) is 16.6 Å². The number of likely N-dealkylation sites (tertiary alicyclic amines) is 1. The summed E-state index contributed by atoms with van der Waals surface area (Å²) in [6.45, 7) is 6.52. The van der Waals surface area contributed by atoms with Crippen LogP contribution in [0.4, 0.5) is 10.1 Å². The maximum Gasteiger partial charge on any atom is 0.139 e. The molecule has 2 rings (SSSR count). The highest BCUT2D eigenvalue weighted by molar-refractivity contribution is 9.10. The maximum atomic E-state index is 13.4. The lowest BCUT2D eigenvalue weighted by molar-refractivity contribution is 0.337. The molecule has 18 heavy (non-hydrogen) atoms. The van der Waals surface area contributed by atoms with Gasteiger partial charge in [0.15, 0.2) is 0 Å². The van der Waals surface area contributed by atoms with E-state index in [1.807, 2.05) is 13.0 Å². The third-order valence-corrected chi connectivity index (χ3v) is 4.04. The normalized spacial score (nSPS) is 16.2. The van der Waals surface area contributed by atoms with Gasteiger partial charge < -0.3 is 10.2 Å². The number of benzene rings is 1. The van der Waals surface area contributed by atoms with E-state index in [9.17, 15) is 4.39 Å². The molecule has 0 aromatic heterocycles. The quantitative estimate of drug-likeness (QED) is 0.832. The highest BCUT2D eigenvalue weighted by Gasteiger charge is 2.10. The summed E-state index contributed by atoms with van der Waals surface area (Å²) in [5.74, 6) is -0.206. The smallest absolute Gasteiger partial charge is 0.139 e. The molecule has 1 aliphatic heterocycles. The zero-order valence-corrected chi connectivity index (χ0v) is 12.4. The summed E-state index contributed by atoms with van der Waals surface area (Å²) in [5, 5.41) is 3.32. The van der Waals surface area contributed by atoms with Crippen LogP contribution in [-0.2, 0) is 0 Å². The fourth-order valence-corrected chi connectivity index (χ4v) is 2.83. The van der Waals surface area contributed by atoms with Crippen LogP contribution in [-0.4, -0.2) is 31.1 Å². The van der Waals surface area contributed by atoms with Gasteiger partial charge in [-0.25, -0.2) is 4.39 Å². The summed E-state index contributed by atoms with van der Waals surface area (Å²) < 4.78 is 13.9. The first-order chi connectivity index (χ1) is 8.66. The molecule has 0 atom stereocenters. The van der Waals surface area contributed by atoms with Gasteiger partial charge in [0.2, 0.25) is 0 Å². The van der Waals surface area contributed by atoms with Crippen LogP contribution in [0.1, 0.15) is 24.8 Å². The van der Waals surface area contributed by atoms with Crippen LogP contribution in [0, 0.1) is 12.7 Å². The Bertz CT molecular complexity index is 403. The molecule has 4 heteroatoms. The largest absolute Gasteiger partial charge is 0.385 e. The fourth-order valence-electron chi connectivity index (χ4n) is 2.37. The zero-order chi connectivity index (χ0) is 13.0. The third-order valence-electron chi connectivity index (χ3n) is 3.43. The Kier molecular flexibility index (Phi) is 5.01. The van der Waals surface area contributed by atoms with Crippen molar-refractivity contribution in [1.29, 1.82) is 0 Å². The number of anilines is 1. The molecule has 0 aliphatic carbocycles. The number of aryl methyl sites for hydroxylation is 1. The number of nitrogens with one attached hydrogen (secondary N) is 1. The summed E-state index contributed by atoms with van der Waals surface area (Å²) >= 11 is 3.20. The molecule has 0 radical (unpaired) electrons. The van der Waals surface area contributed by atoms with E-state index >= 15 is 0 Å². The van der Waals surface area contributed by atoms with Crippen molar-refractivity contribution in [2.24, 2.45) is 0 Å². The van der Waals surface area contributed by atoms with Gasteiger partial charge in [0.05, 0.1) is 4.47 Å². The predicted molar refractivity (Wildman–Crippen MR) is 77.6 cm³/mol. The third kappa shape index (κ3) is 3.69. The van der Waals surface area contributed by atoms with Crippen LogP contribution in [0.5, 0.6) is 0 Å². The van der Waals surface area contributed by atoms with Crippen LogP contribution in [0.3, 0.4) is 0 Å². The van der Waals surface area contributed by atoms with Crippen molar-refractivity contribution in [3.63, 3.8) is 0 Å². The molecular weight excluding hydrogens is 295 g/mol. The molecule has 0 amide bonds. The molecule has 1 N–H and O–H groups in total. The van der Waals surface area contributed by atoms with Gasteiger partial charge in [-0.3, -0.25) is 0 Å². The van der Waals surface area contributed by atoms with Crippen molar-refractivity contribution in [2.45, 2.75) is 26.2 Å². The van der Waals surface area contributed by atoms with Gasteiger partial charge in [0.25, 0.3) is 0 Å². The van der Waals surface area contributed by atoms with Crippen LogP contribution in [0.2, 0.25) is 0 Å².